The molecule has 3 rings (SSSR count). The van der Waals surface area contributed by atoms with Gasteiger partial charge < -0.3 is 5.32 Å². The highest BCUT2D eigenvalue weighted by Crippen LogP contribution is 2.33. The van der Waals surface area contributed by atoms with Gasteiger partial charge in [-0.15, -0.1) is 11.3 Å². The maximum absolute atomic E-state index is 12.2. The predicted molar refractivity (Wildman–Crippen MR) is 89.7 cm³/mol. The Morgan fingerprint density at radius 3 is 2.70 bits per heavy atom. The van der Waals surface area contributed by atoms with Gasteiger partial charge in [-0.2, -0.15) is 0 Å². The molecule has 122 valence electrons. The predicted octanol–water partition coefficient (Wildman–Crippen LogP) is 2.13. The number of nitrogens with two attached hydrogens (primary N) is 1. The van der Waals surface area contributed by atoms with Crippen LogP contribution in [0.3, 0.4) is 0 Å². The Morgan fingerprint density at radius 2 is 2.00 bits per heavy atom. The third-order valence-electron chi connectivity index (χ3n) is 4.00. The monoisotopic (exact) mass is 350 g/mol. The van der Waals surface area contributed by atoms with Gasteiger partial charge in [0.2, 0.25) is 15.9 Å². The van der Waals surface area contributed by atoms with E-state index in [0.29, 0.717) is 0 Å². The molecule has 2 aromatic rings. The summed E-state index contributed by atoms with van der Waals surface area (Å²) >= 11 is 1.74. The zero-order valence-electron chi connectivity index (χ0n) is 12.5. The molecule has 0 saturated heterocycles. The molecule has 1 unspecified atom stereocenters. The van der Waals surface area contributed by atoms with Crippen LogP contribution in [0, 0.1) is 0 Å². The van der Waals surface area contributed by atoms with Crippen molar-refractivity contribution in [3.63, 3.8) is 0 Å². The number of carbonyl (C=O) groups is 1. The molecule has 1 heterocycles. The van der Waals surface area contributed by atoms with Gasteiger partial charge >= 0.3 is 0 Å². The van der Waals surface area contributed by atoms with Gasteiger partial charge in [0.25, 0.3) is 0 Å². The number of sulfonamides is 1. The lowest BCUT2D eigenvalue weighted by Gasteiger charge is -2.23. The molecule has 0 spiro atoms. The number of thiophene rings is 1. The van der Waals surface area contributed by atoms with E-state index in [4.69, 9.17) is 5.14 Å². The van der Waals surface area contributed by atoms with Crippen LogP contribution >= 0.6 is 11.3 Å². The van der Waals surface area contributed by atoms with Crippen molar-refractivity contribution in [2.45, 2.75) is 36.6 Å². The zero-order chi connectivity index (χ0) is 16.4. The van der Waals surface area contributed by atoms with Gasteiger partial charge in [0.1, 0.15) is 0 Å². The number of fused-ring (bicyclic) bond motifs is 1. The highest BCUT2D eigenvalue weighted by atomic mass is 32.2. The lowest BCUT2D eigenvalue weighted by atomic mass is 9.94. The molecule has 1 atom stereocenters. The third kappa shape index (κ3) is 3.80. The summed E-state index contributed by atoms with van der Waals surface area (Å²) in [7, 11) is -3.70. The topological polar surface area (TPSA) is 89.3 Å². The standard InChI is InChI=1S/C16H18N2O3S2/c17-23(20,21)12-6-4-11(5-7-12)10-16(19)18-14-2-1-3-15-13(14)8-9-22-15/h4-9,14H,1-3,10H2,(H,18,19)(H2,17,20,21). The number of amides is 1. The van der Waals surface area contributed by atoms with Crippen LogP contribution in [0.2, 0.25) is 0 Å². The number of rotatable bonds is 4. The van der Waals surface area contributed by atoms with Gasteiger partial charge in [-0.1, -0.05) is 12.1 Å². The smallest absolute Gasteiger partial charge is 0.238 e. The van der Waals surface area contributed by atoms with E-state index in [1.54, 1.807) is 23.5 Å². The van der Waals surface area contributed by atoms with E-state index in [1.807, 2.05) is 0 Å². The summed E-state index contributed by atoms with van der Waals surface area (Å²) in [6.07, 6.45) is 3.36. The van der Waals surface area contributed by atoms with Crippen molar-refractivity contribution in [3.05, 3.63) is 51.7 Å². The fourth-order valence-corrected chi connectivity index (χ4v) is 4.37. The molecule has 23 heavy (non-hydrogen) atoms. The Labute approximate surface area is 139 Å². The van der Waals surface area contributed by atoms with Crippen LogP contribution in [0.25, 0.3) is 0 Å². The van der Waals surface area contributed by atoms with Gasteiger partial charge in [-0.05, 0) is 54.0 Å². The number of carbonyl (C=O) groups excluding carboxylic acids is 1. The minimum Gasteiger partial charge on any atom is -0.349 e. The fourth-order valence-electron chi connectivity index (χ4n) is 2.86. The Hall–Kier alpha value is -1.70. The summed E-state index contributed by atoms with van der Waals surface area (Å²) in [5.41, 5.74) is 2.00. The summed E-state index contributed by atoms with van der Waals surface area (Å²) in [6, 6.07) is 8.27. The number of benzene rings is 1. The summed E-state index contributed by atoms with van der Waals surface area (Å²) in [6.45, 7) is 0. The molecule has 0 fully saturated rings. The number of primary sulfonamides is 1. The molecular formula is C16H18N2O3S2. The van der Waals surface area contributed by atoms with Crippen molar-refractivity contribution >= 4 is 27.3 Å². The highest BCUT2D eigenvalue weighted by Gasteiger charge is 2.22. The summed E-state index contributed by atoms with van der Waals surface area (Å²) < 4.78 is 22.4. The molecule has 1 aliphatic rings. The van der Waals surface area contributed by atoms with Crippen molar-refractivity contribution in [2.24, 2.45) is 5.14 Å². The van der Waals surface area contributed by atoms with E-state index in [1.165, 1.54) is 22.6 Å². The van der Waals surface area contributed by atoms with Crippen molar-refractivity contribution in [1.82, 2.24) is 5.32 Å². The lowest BCUT2D eigenvalue weighted by Crippen LogP contribution is -2.31. The molecule has 1 aromatic carbocycles. The van der Waals surface area contributed by atoms with Crippen LogP contribution in [-0.2, 0) is 27.7 Å². The minimum absolute atomic E-state index is 0.0526. The SMILES string of the molecule is NS(=O)(=O)c1ccc(CC(=O)NC2CCCc3sccc32)cc1. The van der Waals surface area contributed by atoms with E-state index in [9.17, 15) is 13.2 Å². The molecule has 3 N–H and O–H groups in total. The molecule has 0 bridgehead atoms. The normalized spacial score (nSPS) is 17.5. The molecule has 0 saturated carbocycles. The highest BCUT2D eigenvalue weighted by molar-refractivity contribution is 7.89. The molecule has 1 aliphatic carbocycles. The molecule has 0 aliphatic heterocycles. The average molecular weight is 350 g/mol. The number of hydrogen-bond donors (Lipinski definition) is 2. The van der Waals surface area contributed by atoms with E-state index in [0.717, 1.165) is 24.8 Å². The minimum atomic E-state index is -3.70. The third-order valence-corrected chi connectivity index (χ3v) is 5.93. The Balaban J connectivity index is 1.64. The summed E-state index contributed by atoms with van der Waals surface area (Å²) in [4.78, 5) is 13.7. The van der Waals surface area contributed by atoms with Gasteiger partial charge in [-0.25, -0.2) is 13.6 Å². The van der Waals surface area contributed by atoms with Gasteiger partial charge in [0.15, 0.2) is 0 Å². The van der Waals surface area contributed by atoms with Crippen molar-refractivity contribution < 1.29 is 13.2 Å². The molecule has 1 amide bonds. The molecular weight excluding hydrogens is 332 g/mol. The van der Waals surface area contributed by atoms with Gasteiger partial charge in [-0.3, -0.25) is 4.79 Å². The van der Waals surface area contributed by atoms with Crippen LogP contribution in [0.5, 0.6) is 0 Å². The summed E-state index contributed by atoms with van der Waals surface area (Å²) in [5.74, 6) is -0.0580. The molecule has 0 radical (unpaired) electrons. The summed E-state index contributed by atoms with van der Waals surface area (Å²) in [5, 5.41) is 10.2. The van der Waals surface area contributed by atoms with Crippen molar-refractivity contribution in [3.8, 4) is 0 Å². The molecule has 7 heteroatoms. The van der Waals surface area contributed by atoms with E-state index < -0.39 is 10.0 Å². The fraction of sp³-hybridized carbons (Fsp3) is 0.312. The van der Waals surface area contributed by atoms with Crippen molar-refractivity contribution in [1.29, 1.82) is 0 Å². The number of aryl methyl sites for hydroxylation is 1. The maximum atomic E-state index is 12.2. The second-order valence-corrected chi connectivity index (χ2v) is 8.24. The Kier molecular flexibility index (Phi) is 4.52. The van der Waals surface area contributed by atoms with Crippen molar-refractivity contribution in [2.75, 3.05) is 0 Å². The van der Waals surface area contributed by atoms with E-state index in [2.05, 4.69) is 16.8 Å². The second-order valence-electron chi connectivity index (χ2n) is 5.68. The van der Waals surface area contributed by atoms with E-state index in [-0.39, 0.29) is 23.3 Å². The first-order chi connectivity index (χ1) is 10.9. The quantitative estimate of drug-likeness (QED) is 0.885. The lowest BCUT2D eigenvalue weighted by molar-refractivity contribution is -0.121. The van der Waals surface area contributed by atoms with Gasteiger partial charge in [0.05, 0.1) is 17.4 Å². The first-order valence-corrected chi connectivity index (χ1v) is 9.83. The van der Waals surface area contributed by atoms with Gasteiger partial charge in [0, 0.05) is 4.88 Å². The Bertz CT molecular complexity index is 810. The first-order valence-electron chi connectivity index (χ1n) is 7.41. The number of nitrogens with one attached hydrogen (secondary N) is 1. The molecule has 5 nitrogen and oxygen atoms in total. The largest absolute Gasteiger partial charge is 0.349 e. The first kappa shape index (κ1) is 16.2. The average Bonchev–Trinajstić information content (AvgIpc) is 2.96. The second kappa shape index (κ2) is 6.43. The van der Waals surface area contributed by atoms with Crippen LogP contribution < -0.4 is 10.5 Å². The van der Waals surface area contributed by atoms with Crippen LogP contribution in [0.15, 0.2) is 40.6 Å². The zero-order valence-corrected chi connectivity index (χ0v) is 14.1. The van der Waals surface area contributed by atoms with Crippen LogP contribution in [0.1, 0.15) is 34.9 Å². The molecule has 1 aromatic heterocycles. The van der Waals surface area contributed by atoms with Crippen LogP contribution in [0.4, 0.5) is 0 Å². The maximum Gasteiger partial charge on any atom is 0.238 e. The number of hydrogen-bond acceptors (Lipinski definition) is 4. The van der Waals surface area contributed by atoms with Crippen LogP contribution in [-0.4, -0.2) is 14.3 Å². The van der Waals surface area contributed by atoms with E-state index >= 15 is 0 Å². The Morgan fingerprint density at radius 1 is 1.26 bits per heavy atom.